The van der Waals surface area contributed by atoms with Crippen molar-refractivity contribution < 1.29 is 9.53 Å². The average molecular weight is 364 g/mol. The molecule has 3 nitrogen and oxygen atoms in total. The third kappa shape index (κ3) is 3.87. The molecule has 0 unspecified atom stereocenters. The summed E-state index contributed by atoms with van der Waals surface area (Å²) in [6.45, 7) is 8.77. The maximum Gasteiger partial charge on any atom is 0.165 e. The molecule has 1 heterocycles. The molecular formula is C24H29NO2. The molecule has 4 rings (SSSR count). The van der Waals surface area contributed by atoms with Gasteiger partial charge in [0.15, 0.2) is 11.5 Å². The second kappa shape index (κ2) is 7.38. The van der Waals surface area contributed by atoms with Gasteiger partial charge in [0, 0.05) is 24.6 Å². The Labute approximate surface area is 162 Å². The van der Waals surface area contributed by atoms with Gasteiger partial charge in [0.1, 0.15) is 5.75 Å². The van der Waals surface area contributed by atoms with Gasteiger partial charge in [0.05, 0.1) is 5.69 Å². The SMILES string of the molecule is Cc1ccc(C)c(N2CCC(C)CC2)c1Oc1ccc(C(=O)C2CC2)cc1. The minimum atomic E-state index is 0.254. The van der Waals surface area contributed by atoms with E-state index in [1.165, 1.54) is 24.1 Å². The number of carbonyl (C=O) groups excluding carboxylic acids is 1. The summed E-state index contributed by atoms with van der Waals surface area (Å²) in [5, 5.41) is 0. The Balaban J connectivity index is 1.59. The van der Waals surface area contributed by atoms with Crippen LogP contribution in [0.2, 0.25) is 0 Å². The number of anilines is 1. The molecule has 2 aromatic carbocycles. The summed E-state index contributed by atoms with van der Waals surface area (Å²) in [6.07, 6.45) is 4.53. The molecular weight excluding hydrogens is 334 g/mol. The van der Waals surface area contributed by atoms with Crippen molar-refractivity contribution >= 4 is 11.5 Å². The third-order valence-electron chi connectivity index (χ3n) is 5.94. The number of benzene rings is 2. The van der Waals surface area contributed by atoms with E-state index < -0.39 is 0 Å². The predicted molar refractivity (Wildman–Crippen MR) is 110 cm³/mol. The number of rotatable bonds is 5. The van der Waals surface area contributed by atoms with Crippen LogP contribution in [0.4, 0.5) is 5.69 Å². The Bertz CT molecular complexity index is 828. The largest absolute Gasteiger partial charge is 0.455 e. The molecule has 1 saturated carbocycles. The Morgan fingerprint density at radius 3 is 2.19 bits per heavy atom. The maximum absolute atomic E-state index is 12.2. The zero-order valence-electron chi connectivity index (χ0n) is 16.6. The van der Waals surface area contributed by atoms with Gasteiger partial charge in [0.2, 0.25) is 0 Å². The summed E-state index contributed by atoms with van der Waals surface area (Å²) < 4.78 is 6.36. The van der Waals surface area contributed by atoms with Gasteiger partial charge in [-0.2, -0.15) is 0 Å². The summed E-state index contributed by atoms with van der Waals surface area (Å²) in [4.78, 5) is 14.7. The monoisotopic (exact) mass is 363 g/mol. The Morgan fingerprint density at radius 2 is 1.56 bits per heavy atom. The van der Waals surface area contributed by atoms with Crippen LogP contribution in [0, 0.1) is 25.7 Å². The van der Waals surface area contributed by atoms with Crippen molar-refractivity contribution in [1.29, 1.82) is 0 Å². The number of nitrogens with zero attached hydrogens (tertiary/aromatic N) is 1. The fraction of sp³-hybridized carbons (Fsp3) is 0.458. The highest BCUT2D eigenvalue weighted by atomic mass is 16.5. The zero-order chi connectivity index (χ0) is 19.0. The molecule has 142 valence electrons. The molecule has 3 heteroatoms. The third-order valence-corrected chi connectivity index (χ3v) is 5.94. The van der Waals surface area contributed by atoms with Gasteiger partial charge in [-0.25, -0.2) is 0 Å². The van der Waals surface area contributed by atoms with E-state index in [1.807, 2.05) is 24.3 Å². The fourth-order valence-corrected chi connectivity index (χ4v) is 3.91. The van der Waals surface area contributed by atoms with E-state index in [1.54, 1.807) is 0 Å². The first kappa shape index (κ1) is 18.1. The summed E-state index contributed by atoms with van der Waals surface area (Å²) in [7, 11) is 0. The van der Waals surface area contributed by atoms with Crippen molar-refractivity contribution in [2.75, 3.05) is 18.0 Å². The minimum absolute atomic E-state index is 0.254. The first-order valence-corrected chi connectivity index (χ1v) is 10.2. The number of hydrogen-bond acceptors (Lipinski definition) is 3. The van der Waals surface area contributed by atoms with Crippen LogP contribution in [0.15, 0.2) is 36.4 Å². The highest BCUT2D eigenvalue weighted by Crippen LogP contribution is 2.40. The molecule has 0 amide bonds. The normalized spacial score (nSPS) is 17.8. The number of hydrogen-bond donors (Lipinski definition) is 0. The van der Waals surface area contributed by atoms with Crippen molar-refractivity contribution in [3.05, 3.63) is 53.1 Å². The lowest BCUT2D eigenvalue weighted by Gasteiger charge is -2.34. The van der Waals surface area contributed by atoms with E-state index in [-0.39, 0.29) is 11.7 Å². The molecule has 0 aromatic heterocycles. The van der Waals surface area contributed by atoms with Crippen LogP contribution >= 0.6 is 0 Å². The molecule has 0 spiro atoms. The fourth-order valence-electron chi connectivity index (χ4n) is 3.91. The van der Waals surface area contributed by atoms with Crippen LogP contribution in [0.1, 0.15) is 54.1 Å². The molecule has 2 aromatic rings. The Hall–Kier alpha value is -2.29. The Morgan fingerprint density at radius 1 is 0.926 bits per heavy atom. The second-order valence-corrected chi connectivity index (χ2v) is 8.31. The number of ketones is 1. The molecule has 27 heavy (non-hydrogen) atoms. The number of piperidine rings is 1. The smallest absolute Gasteiger partial charge is 0.165 e. The van der Waals surface area contributed by atoms with Crippen molar-refractivity contribution in [2.45, 2.75) is 46.5 Å². The summed E-state index contributed by atoms with van der Waals surface area (Å²) in [5.74, 6) is 3.07. The second-order valence-electron chi connectivity index (χ2n) is 8.31. The molecule has 0 atom stereocenters. The van der Waals surface area contributed by atoms with Crippen LogP contribution in [0.5, 0.6) is 11.5 Å². The molecule has 1 aliphatic carbocycles. The van der Waals surface area contributed by atoms with E-state index in [4.69, 9.17) is 4.74 Å². The maximum atomic E-state index is 12.2. The van der Waals surface area contributed by atoms with Gasteiger partial charge in [-0.15, -0.1) is 0 Å². The summed E-state index contributed by atoms with van der Waals surface area (Å²) >= 11 is 0. The highest BCUT2D eigenvalue weighted by molar-refractivity contribution is 5.99. The minimum Gasteiger partial charge on any atom is -0.455 e. The van der Waals surface area contributed by atoms with Crippen LogP contribution in [0.3, 0.4) is 0 Å². The van der Waals surface area contributed by atoms with Crippen LogP contribution in [-0.2, 0) is 0 Å². The molecule has 1 aliphatic heterocycles. The number of ether oxygens (including phenoxy) is 1. The van der Waals surface area contributed by atoms with Crippen molar-refractivity contribution in [2.24, 2.45) is 11.8 Å². The average Bonchev–Trinajstić information content (AvgIpc) is 3.51. The van der Waals surface area contributed by atoms with Crippen LogP contribution < -0.4 is 9.64 Å². The van der Waals surface area contributed by atoms with Crippen molar-refractivity contribution in [1.82, 2.24) is 0 Å². The molecule has 0 radical (unpaired) electrons. The van der Waals surface area contributed by atoms with Crippen molar-refractivity contribution in [3.8, 4) is 11.5 Å². The number of Topliss-reactive ketones (excluding diaryl/α,β-unsaturated/α-hetero) is 1. The first-order chi connectivity index (χ1) is 13.0. The molecule has 1 saturated heterocycles. The number of aryl methyl sites for hydroxylation is 2. The van der Waals surface area contributed by atoms with Gasteiger partial charge in [-0.05, 0) is 80.8 Å². The van der Waals surface area contributed by atoms with Gasteiger partial charge in [-0.1, -0.05) is 19.1 Å². The first-order valence-electron chi connectivity index (χ1n) is 10.2. The lowest BCUT2D eigenvalue weighted by Crippen LogP contribution is -2.33. The molecule has 2 aliphatic rings. The van der Waals surface area contributed by atoms with Crippen LogP contribution in [-0.4, -0.2) is 18.9 Å². The Kier molecular flexibility index (Phi) is 4.94. The summed E-state index contributed by atoms with van der Waals surface area (Å²) in [6, 6.07) is 12.0. The van der Waals surface area contributed by atoms with E-state index in [0.29, 0.717) is 0 Å². The lowest BCUT2D eigenvalue weighted by molar-refractivity contribution is 0.0967. The number of carbonyl (C=O) groups is 1. The molecule has 0 N–H and O–H groups in total. The van der Waals surface area contributed by atoms with Gasteiger partial charge in [-0.3, -0.25) is 4.79 Å². The van der Waals surface area contributed by atoms with Gasteiger partial charge >= 0.3 is 0 Å². The lowest BCUT2D eigenvalue weighted by atomic mass is 9.97. The van der Waals surface area contributed by atoms with E-state index in [0.717, 1.165) is 54.5 Å². The summed E-state index contributed by atoms with van der Waals surface area (Å²) in [5.41, 5.74) is 4.43. The van der Waals surface area contributed by atoms with Gasteiger partial charge < -0.3 is 9.64 Å². The van der Waals surface area contributed by atoms with E-state index >= 15 is 0 Å². The van der Waals surface area contributed by atoms with E-state index in [9.17, 15) is 4.79 Å². The van der Waals surface area contributed by atoms with Crippen molar-refractivity contribution in [3.63, 3.8) is 0 Å². The standard InChI is InChI=1S/C24H29NO2/c1-16-12-14-25(15-13-16)22-17(2)4-5-18(3)24(22)27-21-10-8-20(9-11-21)23(26)19-6-7-19/h4-5,8-11,16,19H,6-7,12-15H2,1-3H3. The predicted octanol–water partition coefficient (Wildman–Crippen LogP) is 5.92. The molecule has 2 fully saturated rings. The zero-order valence-corrected chi connectivity index (χ0v) is 16.6. The molecule has 0 bridgehead atoms. The van der Waals surface area contributed by atoms with E-state index in [2.05, 4.69) is 37.8 Å². The van der Waals surface area contributed by atoms with Gasteiger partial charge in [0.25, 0.3) is 0 Å². The topological polar surface area (TPSA) is 29.5 Å². The highest BCUT2D eigenvalue weighted by Gasteiger charge is 2.30. The quantitative estimate of drug-likeness (QED) is 0.617. The van der Waals surface area contributed by atoms with Crippen LogP contribution in [0.25, 0.3) is 0 Å².